The molecule has 2 aromatic heterocycles. The van der Waals surface area contributed by atoms with Gasteiger partial charge in [0.2, 0.25) is 5.88 Å². The van der Waals surface area contributed by atoms with E-state index in [-0.39, 0.29) is 10.8 Å². The highest BCUT2D eigenvalue weighted by Gasteiger charge is 2.28. The van der Waals surface area contributed by atoms with Crippen LogP contribution in [-0.4, -0.2) is 20.4 Å². The first-order valence-corrected chi connectivity index (χ1v) is 12.3. The molecule has 0 amide bonds. The third-order valence-corrected chi connectivity index (χ3v) is 8.21. The van der Waals surface area contributed by atoms with Gasteiger partial charge in [-0.05, 0) is 54.3 Å². The summed E-state index contributed by atoms with van der Waals surface area (Å²) in [5.74, 6) is -0.462. The van der Waals surface area contributed by atoms with E-state index in [0.717, 1.165) is 9.46 Å². The van der Waals surface area contributed by atoms with Crippen LogP contribution in [0.4, 0.5) is 5.69 Å². The molecule has 0 spiro atoms. The summed E-state index contributed by atoms with van der Waals surface area (Å²) < 4.78 is 1.04. The number of H-pyrrole nitrogens is 1. The summed E-state index contributed by atoms with van der Waals surface area (Å²) in [6.45, 7) is 2.06. The molecule has 0 aliphatic carbocycles. The van der Waals surface area contributed by atoms with E-state index in [1.54, 1.807) is 47.4 Å². The Bertz CT molecular complexity index is 1520. The Balaban J connectivity index is 1.73. The number of thioether (sulfide) groups is 1. The number of halogens is 1. The minimum Gasteiger partial charge on any atom is -0.493 e. The van der Waals surface area contributed by atoms with Crippen LogP contribution in [0.25, 0.3) is 5.69 Å². The van der Waals surface area contributed by atoms with Crippen LogP contribution in [0, 0.1) is 6.92 Å². The predicted molar refractivity (Wildman–Crippen MR) is 134 cm³/mol. The number of benzene rings is 2. The van der Waals surface area contributed by atoms with Gasteiger partial charge < -0.3 is 5.11 Å². The minimum absolute atomic E-state index is 0.00209. The van der Waals surface area contributed by atoms with E-state index < -0.39 is 17.1 Å². The lowest BCUT2D eigenvalue weighted by atomic mass is 10.0. The third kappa shape index (κ3) is 4.06. The van der Waals surface area contributed by atoms with Gasteiger partial charge in [0.05, 0.1) is 17.1 Å². The summed E-state index contributed by atoms with van der Waals surface area (Å²) in [6, 6.07) is 16.3. The van der Waals surface area contributed by atoms with Crippen molar-refractivity contribution in [1.29, 1.82) is 0 Å². The summed E-state index contributed by atoms with van der Waals surface area (Å²) >= 11 is 9.43. The molecule has 0 saturated carbocycles. The second-order valence-corrected chi connectivity index (χ2v) is 10.2. The number of hydrogen-bond acceptors (Lipinski definition) is 6. The molecule has 4 aromatic rings. The molecule has 6 nitrogen and oxygen atoms in total. The molecule has 1 atom stereocenters. The summed E-state index contributed by atoms with van der Waals surface area (Å²) in [5.41, 5.74) is 1.19. The first-order valence-electron chi connectivity index (χ1n) is 10.1. The van der Waals surface area contributed by atoms with Crippen molar-refractivity contribution < 1.29 is 5.11 Å². The molecule has 0 fully saturated rings. The number of nitrogens with one attached hydrogen (secondary N) is 1. The Labute approximate surface area is 202 Å². The molecule has 0 bridgehead atoms. The second kappa shape index (κ2) is 8.70. The Morgan fingerprint density at radius 1 is 1.15 bits per heavy atom. The monoisotopic (exact) mass is 495 g/mol. The van der Waals surface area contributed by atoms with Gasteiger partial charge in [-0.15, -0.1) is 23.1 Å². The van der Waals surface area contributed by atoms with Crippen LogP contribution in [-0.2, 0) is 0 Å². The number of aromatic nitrogens is 2. The number of rotatable bonds is 3. The fourth-order valence-corrected chi connectivity index (χ4v) is 6.50. The van der Waals surface area contributed by atoms with Crippen molar-refractivity contribution in [2.45, 2.75) is 23.5 Å². The zero-order valence-corrected chi connectivity index (χ0v) is 19.8. The Morgan fingerprint density at radius 2 is 1.97 bits per heavy atom. The number of aryl methyl sites for hydroxylation is 1. The standard InChI is InChI=1S/C24H18ClN3O3S2/c1-13-9-10-32-21(13)19-12-17(26-16-7-2-3-8-18(16)33-19)20-22(29)27-24(31)28(23(20)30)15-6-4-5-14(25)11-15/h2-11,19,30H,12H2,1H3,(H,27,29,31)/t19-/m1/s1. The van der Waals surface area contributed by atoms with Crippen LogP contribution >= 0.6 is 34.7 Å². The van der Waals surface area contributed by atoms with Gasteiger partial charge in [-0.1, -0.05) is 29.8 Å². The molecule has 2 N–H and O–H groups in total. The molecular weight excluding hydrogens is 478 g/mol. The number of aliphatic imine (C=N–C) groups is 1. The predicted octanol–water partition coefficient (Wildman–Crippen LogP) is 5.61. The molecule has 3 heterocycles. The molecule has 166 valence electrons. The van der Waals surface area contributed by atoms with E-state index in [0.29, 0.717) is 28.5 Å². The average Bonchev–Trinajstić information content (AvgIpc) is 3.10. The maximum absolute atomic E-state index is 13.0. The first kappa shape index (κ1) is 21.8. The van der Waals surface area contributed by atoms with Crippen LogP contribution < -0.4 is 11.2 Å². The molecule has 0 unspecified atom stereocenters. The number of fused-ring (bicyclic) bond motifs is 1. The maximum atomic E-state index is 13.0. The molecule has 9 heteroatoms. The van der Waals surface area contributed by atoms with Gasteiger partial charge in [0.25, 0.3) is 5.56 Å². The average molecular weight is 496 g/mol. The first-order chi connectivity index (χ1) is 15.9. The summed E-state index contributed by atoms with van der Waals surface area (Å²) in [5, 5.41) is 13.6. The van der Waals surface area contributed by atoms with Crippen molar-refractivity contribution >= 4 is 46.1 Å². The van der Waals surface area contributed by atoms with Gasteiger partial charge >= 0.3 is 5.69 Å². The zero-order chi connectivity index (χ0) is 23.1. The molecule has 0 saturated heterocycles. The topological polar surface area (TPSA) is 87.5 Å². The fourth-order valence-electron chi connectivity index (χ4n) is 3.87. The molecule has 0 radical (unpaired) electrons. The number of thiophene rings is 1. The van der Waals surface area contributed by atoms with Crippen molar-refractivity contribution in [3.8, 4) is 11.6 Å². The lowest BCUT2D eigenvalue weighted by Gasteiger charge is -2.16. The van der Waals surface area contributed by atoms with Crippen LogP contribution in [0.15, 0.2) is 79.5 Å². The van der Waals surface area contributed by atoms with E-state index in [2.05, 4.69) is 18.0 Å². The van der Waals surface area contributed by atoms with E-state index in [4.69, 9.17) is 16.6 Å². The summed E-state index contributed by atoms with van der Waals surface area (Å²) in [7, 11) is 0. The lowest BCUT2D eigenvalue weighted by Crippen LogP contribution is -2.33. The molecule has 5 rings (SSSR count). The Hall–Kier alpha value is -3.07. The van der Waals surface area contributed by atoms with Crippen LogP contribution in [0.5, 0.6) is 5.88 Å². The zero-order valence-electron chi connectivity index (χ0n) is 17.4. The van der Waals surface area contributed by atoms with Crippen molar-refractivity contribution in [3.05, 3.63) is 102 Å². The SMILES string of the molecule is Cc1ccsc1[C@H]1CC(c2c(O)n(-c3cccc(Cl)c3)c(=O)[nH]c2=O)=Nc2ccccc2S1. The quantitative estimate of drug-likeness (QED) is 0.386. The smallest absolute Gasteiger partial charge is 0.335 e. The highest BCUT2D eigenvalue weighted by molar-refractivity contribution is 7.99. The Kier molecular flexibility index (Phi) is 5.74. The number of aromatic amines is 1. The van der Waals surface area contributed by atoms with Gasteiger partial charge in [0, 0.05) is 26.5 Å². The van der Waals surface area contributed by atoms with Gasteiger partial charge in [-0.3, -0.25) is 14.8 Å². The highest BCUT2D eigenvalue weighted by Crippen LogP contribution is 2.47. The number of para-hydroxylation sites is 1. The van der Waals surface area contributed by atoms with Gasteiger partial charge in [-0.2, -0.15) is 0 Å². The van der Waals surface area contributed by atoms with Gasteiger partial charge in [0.1, 0.15) is 5.56 Å². The molecule has 1 aliphatic rings. The lowest BCUT2D eigenvalue weighted by molar-refractivity contribution is 0.429. The summed E-state index contributed by atoms with van der Waals surface area (Å²) in [6.07, 6.45) is 0.408. The van der Waals surface area contributed by atoms with Crippen LogP contribution in [0.1, 0.15) is 27.7 Å². The largest absolute Gasteiger partial charge is 0.493 e. The number of hydrogen-bond donors (Lipinski definition) is 2. The molecule has 1 aliphatic heterocycles. The van der Waals surface area contributed by atoms with E-state index in [1.807, 2.05) is 29.6 Å². The van der Waals surface area contributed by atoms with E-state index in [1.165, 1.54) is 10.4 Å². The van der Waals surface area contributed by atoms with Gasteiger partial charge in [0.15, 0.2) is 0 Å². The van der Waals surface area contributed by atoms with Crippen molar-refractivity contribution in [1.82, 2.24) is 9.55 Å². The molecule has 33 heavy (non-hydrogen) atoms. The van der Waals surface area contributed by atoms with Crippen molar-refractivity contribution in [2.75, 3.05) is 0 Å². The van der Waals surface area contributed by atoms with Crippen molar-refractivity contribution in [3.63, 3.8) is 0 Å². The highest BCUT2D eigenvalue weighted by atomic mass is 35.5. The second-order valence-electron chi connectivity index (χ2n) is 7.58. The normalized spacial score (nSPS) is 15.6. The van der Waals surface area contributed by atoms with Crippen molar-refractivity contribution in [2.24, 2.45) is 4.99 Å². The third-order valence-electron chi connectivity index (χ3n) is 5.40. The van der Waals surface area contributed by atoms with E-state index >= 15 is 0 Å². The maximum Gasteiger partial charge on any atom is 0.335 e. The van der Waals surface area contributed by atoms with Gasteiger partial charge in [-0.25, -0.2) is 9.36 Å². The minimum atomic E-state index is -0.752. The molecule has 2 aromatic carbocycles. The summed E-state index contributed by atoms with van der Waals surface area (Å²) in [4.78, 5) is 34.9. The van der Waals surface area contributed by atoms with Crippen LogP contribution in [0.2, 0.25) is 5.02 Å². The van der Waals surface area contributed by atoms with Crippen LogP contribution in [0.3, 0.4) is 0 Å². The Morgan fingerprint density at radius 3 is 2.73 bits per heavy atom. The van der Waals surface area contributed by atoms with E-state index in [9.17, 15) is 14.7 Å². The molecular formula is C24H18ClN3O3S2. The number of aromatic hydroxyl groups is 1. The number of nitrogens with zero attached hydrogens (tertiary/aromatic N) is 2. The fraction of sp³-hybridized carbons (Fsp3) is 0.125.